The van der Waals surface area contributed by atoms with Crippen LogP contribution in [0.4, 0.5) is 0 Å². The van der Waals surface area contributed by atoms with Crippen LogP contribution >= 0.6 is 11.8 Å². The molecule has 3 nitrogen and oxygen atoms in total. The summed E-state index contributed by atoms with van der Waals surface area (Å²) in [7, 11) is 0. The summed E-state index contributed by atoms with van der Waals surface area (Å²) in [5.41, 5.74) is 11.5. The van der Waals surface area contributed by atoms with Gasteiger partial charge in [-0.25, -0.2) is 9.98 Å². The summed E-state index contributed by atoms with van der Waals surface area (Å²) in [5, 5.41) is 0.317. The lowest BCUT2D eigenvalue weighted by molar-refractivity contribution is 0.210. The monoisotopic (exact) mass is 597 g/mol. The minimum absolute atomic E-state index is 0.189. The molecule has 4 aliphatic carbocycles. The van der Waals surface area contributed by atoms with E-state index in [1.54, 1.807) is 0 Å². The van der Waals surface area contributed by atoms with Crippen LogP contribution in [-0.4, -0.2) is 22.3 Å². The SMILES string of the molecule is CC1CCC(CC2=NC(n3c4c(c5c3C3Sc6ccccc6C3c3ccccc3-5)C=CCC4)=NC3C=CCC(C)C23)CC1C. The number of hydrogen-bond acceptors (Lipinski definition) is 3. The quantitative estimate of drug-likeness (QED) is 0.270. The maximum atomic E-state index is 5.70. The first-order valence-electron chi connectivity index (χ1n) is 17.2. The fourth-order valence-corrected chi connectivity index (χ4v) is 11.0. The first kappa shape index (κ1) is 27.2. The molecular formula is C40H43N3S. The van der Waals surface area contributed by atoms with Gasteiger partial charge in [-0.05, 0) is 85.0 Å². The molecule has 1 saturated carbocycles. The summed E-state index contributed by atoms with van der Waals surface area (Å²) in [4.78, 5) is 12.7. The summed E-state index contributed by atoms with van der Waals surface area (Å²) in [6.45, 7) is 7.35. The molecule has 6 aliphatic rings. The van der Waals surface area contributed by atoms with E-state index in [0.717, 1.165) is 49.4 Å². The fourth-order valence-electron chi connectivity index (χ4n) is 9.52. The normalized spacial score (nSPS) is 32.9. The molecule has 2 aromatic carbocycles. The lowest BCUT2D eigenvalue weighted by Gasteiger charge is -2.38. The molecule has 0 amide bonds. The first-order valence-corrected chi connectivity index (χ1v) is 18.1. The van der Waals surface area contributed by atoms with Crippen molar-refractivity contribution in [3.8, 4) is 11.1 Å². The number of thioether (sulfide) groups is 1. The molecule has 0 bridgehead atoms. The van der Waals surface area contributed by atoms with E-state index in [-0.39, 0.29) is 6.04 Å². The van der Waals surface area contributed by atoms with E-state index in [2.05, 4.69) is 110 Å². The molecule has 8 unspecified atom stereocenters. The van der Waals surface area contributed by atoms with Crippen LogP contribution in [-0.2, 0) is 6.42 Å². The average Bonchev–Trinajstić information content (AvgIpc) is 3.60. The number of allylic oxidation sites excluding steroid dienone is 2. The fraction of sp³-hybridized carbons (Fsp3) is 0.450. The minimum Gasteiger partial charge on any atom is -0.285 e. The number of rotatable bonds is 2. The highest BCUT2D eigenvalue weighted by Gasteiger charge is 2.46. The minimum atomic E-state index is 0.189. The van der Waals surface area contributed by atoms with E-state index in [0.29, 0.717) is 23.0 Å². The van der Waals surface area contributed by atoms with E-state index in [1.807, 2.05) is 0 Å². The molecule has 1 aromatic heterocycles. The summed E-state index contributed by atoms with van der Waals surface area (Å²) < 4.78 is 2.58. The summed E-state index contributed by atoms with van der Waals surface area (Å²) >= 11 is 2.06. The Morgan fingerprint density at radius 3 is 2.64 bits per heavy atom. The number of nitrogens with zero attached hydrogens (tertiary/aromatic N) is 3. The second-order valence-electron chi connectivity index (χ2n) is 14.6. The van der Waals surface area contributed by atoms with Gasteiger partial charge in [-0.1, -0.05) is 94.0 Å². The van der Waals surface area contributed by atoms with Gasteiger partial charge in [0, 0.05) is 45.0 Å². The van der Waals surface area contributed by atoms with Crippen molar-refractivity contribution in [2.75, 3.05) is 0 Å². The van der Waals surface area contributed by atoms with Crippen molar-refractivity contribution in [2.45, 2.75) is 87.8 Å². The maximum absolute atomic E-state index is 5.70. The molecule has 3 aromatic rings. The van der Waals surface area contributed by atoms with E-state index in [4.69, 9.17) is 9.98 Å². The van der Waals surface area contributed by atoms with Crippen LogP contribution in [0.1, 0.15) is 98.5 Å². The molecule has 0 radical (unpaired) electrons. The van der Waals surface area contributed by atoms with E-state index in [9.17, 15) is 0 Å². The van der Waals surface area contributed by atoms with Gasteiger partial charge in [0.25, 0.3) is 0 Å². The third-order valence-electron chi connectivity index (χ3n) is 11.9. The van der Waals surface area contributed by atoms with Gasteiger partial charge in [0.1, 0.15) is 0 Å². The van der Waals surface area contributed by atoms with Gasteiger partial charge in [0.05, 0.1) is 11.3 Å². The van der Waals surface area contributed by atoms with Gasteiger partial charge in [-0.2, -0.15) is 0 Å². The second-order valence-corrected chi connectivity index (χ2v) is 15.7. The largest absolute Gasteiger partial charge is 0.285 e. The Hall–Kier alpha value is -3.11. The summed E-state index contributed by atoms with van der Waals surface area (Å²) in [5.74, 6) is 4.71. The van der Waals surface area contributed by atoms with Gasteiger partial charge in [-0.3, -0.25) is 4.57 Å². The zero-order valence-electron chi connectivity index (χ0n) is 26.2. The zero-order valence-corrected chi connectivity index (χ0v) is 27.1. The first-order chi connectivity index (χ1) is 21.6. The molecule has 2 aliphatic heterocycles. The third kappa shape index (κ3) is 4.09. The van der Waals surface area contributed by atoms with Crippen molar-refractivity contribution in [1.29, 1.82) is 0 Å². The van der Waals surface area contributed by atoms with Gasteiger partial charge in [0.15, 0.2) is 0 Å². The highest BCUT2D eigenvalue weighted by Crippen LogP contribution is 2.63. The Morgan fingerprint density at radius 1 is 0.909 bits per heavy atom. The Kier molecular flexibility index (Phi) is 6.48. The van der Waals surface area contributed by atoms with Gasteiger partial charge in [0.2, 0.25) is 5.96 Å². The molecule has 8 atom stereocenters. The van der Waals surface area contributed by atoms with Crippen molar-refractivity contribution >= 4 is 29.5 Å². The molecule has 224 valence electrons. The van der Waals surface area contributed by atoms with Crippen molar-refractivity contribution in [2.24, 2.45) is 39.6 Å². The summed E-state index contributed by atoms with van der Waals surface area (Å²) in [6, 6.07) is 18.5. The Labute approximate surface area is 266 Å². The molecule has 4 heteroatoms. The molecular weight excluding hydrogens is 555 g/mol. The average molecular weight is 598 g/mol. The van der Waals surface area contributed by atoms with Gasteiger partial charge in [-0.15, -0.1) is 11.8 Å². The van der Waals surface area contributed by atoms with Crippen molar-refractivity contribution in [3.63, 3.8) is 0 Å². The zero-order chi connectivity index (χ0) is 29.5. The van der Waals surface area contributed by atoms with Crippen molar-refractivity contribution < 1.29 is 0 Å². The molecule has 3 heterocycles. The van der Waals surface area contributed by atoms with Crippen LogP contribution in [0, 0.1) is 29.6 Å². The molecule has 1 fully saturated rings. The number of aromatic nitrogens is 1. The topological polar surface area (TPSA) is 29.6 Å². The van der Waals surface area contributed by atoms with Crippen molar-refractivity contribution in [3.05, 3.63) is 94.8 Å². The standard InChI is InChI=1S/C40H43N3S/c1-23-19-20-26(21-25(23)3)22-32-35-24(2)11-10-16-31(35)41-40(42-32)43-33-17-8-6-14-29(33)36-27-12-4-5-13-28(27)37-30-15-7-9-18-34(30)44-39(37)38(36)43/h4-7,9-10,12-16,18,23-26,31,35,37,39H,8,11,17,19-22H2,1-3H3. The van der Waals surface area contributed by atoms with Crippen LogP contribution in [0.3, 0.4) is 0 Å². The Balaban J connectivity index is 1.24. The predicted molar refractivity (Wildman–Crippen MR) is 185 cm³/mol. The number of hydrogen-bond donors (Lipinski definition) is 0. The maximum Gasteiger partial charge on any atom is 0.230 e. The van der Waals surface area contributed by atoms with Crippen LogP contribution < -0.4 is 0 Å². The van der Waals surface area contributed by atoms with E-state index < -0.39 is 0 Å². The highest BCUT2D eigenvalue weighted by molar-refractivity contribution is 8.00. The van der Waals surface area contributed by atoms with Gasteiger partial charge < -0.3 is 0 Å². The second kappa shape index (κ2) is 10.5. The molecule has 0 N–H and O–H groups in total. The van der Waals surface area contributed by atoms with Crippen molar-refractivity contribution in [1.82, 2.24) is 4.57 Å². The molecule has 44 heavy (non-hydrogen) atoms. The lowest BCUT2D eigenvalue weighted by Crippen LogP contribution is -2.40. The lowest BCUT2D eigenvalue weighted by atomic mass is 9.70. The molecule has 0 spiro atoms. The Morgan fingerprint density at radius 2 is 1.75 bits per heavy atom. The highest BCUT2D eigenvalue weighted by atomic mass is 32.2. The molecule has 0 saturated heterocycles. The number of benzene rings is 2. The van der Waals surface area contributed by atoms with Gasteiger partial charge >= 0.3 is 0 Å². The number of aliphatic imine (C=N–C) groups is 2. The smallest absolute Gasteiger partial charge is 0.230 e. The van der Waals surface area contributed by atoms with Crippen LogP contribution in [0.5, 0.6) is 0 Å². The van der Waals surface area contributed by atoms with Crippen LogP contribution in [0.25, 0.3) is 17.2 Å². The van der Waals surface area contributed by atoms with E-state index >= 15 is 0 Å². The summed E-state index contributed by atoms with van der Waals surface area (Å²) in [6.07, 6.45) is 18.0. The van der Waals surface area contributed by atoms with E-state index in [1.165, 1.54) is 69.1 Å². The third-order valence-corrected chi connectivity index (χ3v) is 13.3. The predicted octanol–water partition coefficient (Wildman–Crippen LogP) is 10.1. The van der Waals surface area contributed by atoms with Crippen LogP contribution in [0.2, 0.25) is 0 Å². The van der Waals surface area contributed by atoms with Crippen LogP contribution in [0.15, 0.2) is 81.6 Å². The molecule has 9 rings (SSSR count). The Bertz CT molecular complexity index is 1770. The number of fused-ring (bicyclic) bond motifs is 11.